The normalized spacial score (nSPS) is 21.6. The van der Waals surface area contributed by atoms with Gasteiger partial charge in [0, 0.05) is 18.9 Å². The van der Waals surface area contributed by atoms with Crippen LogP contribution < -0.4 is 0 Å². The summed E-state index contributed by atoms with van der Waals surface area (Å²) in [7, 11) is 2.03. The number of benzene rings is 3. The summed E-state index contributed by atoms with van der Waals surface area (Å²) in [5, 5.41) is 0. The van der Waals surface area contributed by atoms with Gasteiger partial charge in [-0.1, -0.05) is 91.0 Å². The van der Waals surface area contributed by atoms with Crippen LogP contribution in [0.25, 0.3) is 0 Å². The molecule has 5 heteroatoms. The van der Waals surface area contributed by atoms with E-state index in [0.717, 1.165) is 22.4 Å². The lowest BCUT2D eigenvalue weighted by Crippen LogP contribution is -2.38. The Morgan fingerprint density at radius 1 is 0.639 bits per heavy atom. The topological polar surface area (TPSA) is 41.9 Å². The van der Waals surface area contributed by atoms with Gasteiger partial charge in [-0.05, 0) is 28.8 Å². The van der Waals surface area contributed by atoms with Crippen LogP contribution >= 0.6 is 0 Å². The molecule has 0 spiro atoms. The molecule has 5 rings (SSSR count). The van der Waals surface area contributed by atoms with Crippen LogP contribution in [-0.2, 0) is 45.8 Å². The third-order valence-electron chi connectivity index (χ3n) is 6.55. The van der Waals surface area contributed by atoms with Crippen LogP contribution in [0.15, 0.2) is 109 Å². The van der Waals surface area contributed by atoms with Crippen molar-refractivity contribution < 1.29 is 18.9 Å². The Labute approximate surface area is 213 Å². The highest BCUT2D eigenvalue weighted by Gasteiger charge is 2.47. The zero-order valence-corrected chi connectivity index (χ0v) is 20.6. The molecule has 36 heavy (non-hydrogen) atoms. The molecule has 1 fully saturated rings. The van der Waals surface area contributed by atoms with Crippen molar-refractivity contribution in [1.29, 1.82) is 0 Å². The van der Waals surface area contributed by atoms with Gasteiger partial charge in [0.25, 0.3) is 0 Å². The van der Waals surface area contributed by atoms with Crippen LogP contribution in [-0.4, -0.2) is 29.5 Å². The maximum absolute atomic E-state index is 6.63. The van der Waals surface area contributed by atoms with E-state index in [-0.39, 0.29) is 24.4 Å². The maximum atomic E-state index is 6.63. The fourth-order valence-electron chi connectivity index (χ4n) is 4.65. The third kappa shape index (κ3) is 6.12. The molecule has 4 aromatic rings. The minimum Gasteiger partial charge on any atom is -0.374 e. The Hall–Kier alpha value is -3.22. The van der Waals surface area contributed by atoms with Crippen molar-refractivity contribution in [3.05, 3.63) is 132 Å². The van der Waals surface area contributed by atoms with Crippen molar-refractivity contribution in [1.82, 2.24) is 4.57 Å². The van der Waals surface area contributed by atoms with Crippen molar-refractivity contribution in [2.45, 2.75) is 44.2 Å². The summed E-state index contributed by atoms with van der Waals surface area (Å²) in [6.07, 6.45) is 0.932. The summed E-state index contributed by atoms with van der Waals surface area (Å²) in [6.45, 7) is 1.91. The van der Waals surface area contributed by atoms with Gasteiger partial charge in [0.05, 0.1) is 26.4 Å². The first-order valence-electron chi connectivity index (χ1n) is 12.5. The Morgan fingerprint density at radius 3 is 1.69 bits per heavy atom. The van der Waals surface area contributed by atoms with Gasteiger partial charge < -0.3 is 23.5 Å². The number of aromatic nitrogens is 1. The fraction of sp³-hybridized carbons (Fsp3) is 0.290. The molecule has 1 saturated heterocycles. The summed E-state index contributed by atoms with van der Waals surface area (Å²) in [4.78, 5) is 0. The number of hydrogen-bond acceptors (Lipinski definition) is 4. The van der Waals surface area contributed by atoms with E-state index in [1.54, 1.807) is 0 Å². The Balaban J connectivity index is 1.36. The highest BCUT2D eigenvalue weighted by molar-refractivity contribution is 5.18. The summed E-state index contributed by atoms with van der Waals surface area (Å²) >= 11 is 0. The molecule has 1 aromatic heterocycles. The smallest absolute Gasteiger partial charge is 0.127 e. The van der Waals surface area contributed by atoms with Crippen molar-refractivity contribution in [3.8, 4) is 0 Å². The van der Waals surface area contributed by atoms with Gasteiger partial charge in [0.15, 0.2) is 0 Å². The van der Waals surface area contributed by atoms with E-state index in [9.17, 15) is 0 Å². The molecule has 0 amide bonds. The van der Waals surface area contributed by atoms with Crippen LogP contribution in [0.4, 0.5) is 0 Å². The zero-order valence-electron chi connectivity index (χ0n) is 20.6. The van der Waals surface area contributed by atoms with E-state index >= 15 is 0 Å². The second kappa shape index (κ2) is 12.2. The second-order valence-corrected chi connectivity index (χ2v) is 9.16. The predicted molar refractivity (Wildman–Crippen MR) is 139 cm³/mol. The largest absolute Gasteiger partial charge is 0.374 e. The van der Waals surface area contributed by atoms with Gasteiger partial charge in [0.2, 0.25) is 0 Å². The second-order valence-electron chi connectivity index (χ2n) is 9.16. The molecule has 1 aliphatic heterocycles. The number of ether oxygens (including phenoxy) is 4. The molecule has 0 saturated carbocycles. The van der Waals surface area contributed by atoms with E-state index in [4.69, 9.17) is 18.9 Å². The predicted octanol–water partition coefficient (Wildman–Crippen LogP) is 5.85. The molecule has 4 atom stereocenters. The monoisotopic (exact) mass is 483 g/mol. The average Bonchev–Trinajstić information content (AvgIpc) is 3.50. The standard InChI is InChI=1S/C31H33NO4/c1-32-19-11-18-27(32)29-31(35-22-26-16-9-4-10-17-26)30(34-21-25-14-7-3-8-15-25)28(36-29)23-33-20-24-12-5-2-6-13-24/h2-19,28-31H,20-23H2,1H3/t28-,29+,30-,31+/m1/s1. The molecule has 186 valence electrons. The molecule has 0 N–H and O–H groups in total. The van der Waals surface area contributed by atoms with Gasteiger partial charge in [-0.15, -0.1) is 0 Å². The van der Waals surface area contributed by atoms with E-state index in [0.29, 0.717) is 26.4 Å². The van der Waals surface area contributed by atoms with Gasteiger partial charge in [-0.25, -0.2) is 0 Å². The minimum absolute atomic E-state index is 0.264. The Morgan fingerprint density at radius 2 is 1.17 bits per heavy atom. The molecule has 0 unspecified atom stereocenters. The van der Waals surface area contributed by atoms with Crippen LogP contribution in [0.3, 0.4) is 0 Å². The van der Waals surface area contributed by atoms with Crippen molar-refractivity contribution >= 4 is 0 Å². The lowest BCUT2D eigenvalue weighted by molar-refractivity contribution is -0.0898. The minimum atomic E-state index is -0.287. The van der Waals surface area contributed by atoms with Crippen LogP contribution in [0, 0.1) is 0 Å². The number of nitrogens with zero attached hydrogens (tertiary/aromatic N) is 1. The molecular formula is C31H33NO4. The molecule has 3 aromatic carbocycles. The number of rotatable bonds is 11. The molecule has 1 aliphatic rings. The van der Waals surface area contributed by atoms with Gasteiger partial charge in [-0.3, -0.25) is 0 Å². The van der Waals surface area contributed by atoms with E-state index < -0.39 is 0 Å². The SMILES string of the molecule is Cn1cccc1[C@@H]1O[C@H](COCc2ccccc2)[C@@H](OCc2ccccc2)[C@H]1OCc1ccccc1. The summed E-state index contributed by atoms with van der Waals surface area (Å²) < 4.78 is 27.9. The molecule has 0 radical (unpaired) electrons. The third-order valence-corrected chi connectivity index (χ3v) is 6.55. The first-order valence-corrected chi connectivity index (χ1v) is 12.5. The fourth-order valence-corrected chi connectivity index (χ4v) is 4.65. The highest BCUT2D eigenvalue weighted by atomic mass is 16.6. The van der Waals surface area contributed by atoms with E-state index in [2.05, 4.69) is 47.0 Å². The van der Waals surface area contributed by atoms with E-state index in [1.165, 1.54) is 0 Å². The quantitative estimate of drug-likeness (QED) is 0.268. The number of hydrogen-bond donors (Lipinski definition) is 0. The van der Waals surface area contributed by atoms with Crippen LogP contribution in [0.5, 0.6) is 0 Å². The Bertz CT molecular complexity index is 1180. The Kier molecular flexibility index (Phi) is 8.26. The van der Waals surface area contributed by atoms with Gasteiger partial charge >= 0.3 is 0 Å². The zero-order chi connectivity index (χ0) is 24.6. The summed E-state index contributed by atoms with van der Waals surface area (Å²) in [5.74, 6) is 0. The maximum Gasteiger partial charge on any atom is 0.127 e. The number of aryl methyl sites for hydroxylation is 1. The van der Waals surface area contributed by atoms with E-state index in [1.807, 2.05) is 73.9 Å². The van der Waals surface area contributed by atoms with Crippen molar-refractivity contribution in [2.24, 2.45) is 7.05 Å². The first-order chi connectivity index (χ1) is 17.8. The summed E-state index contributed by atoms with van der Waals surface area (Å²) in [6, 6.07) is 34.8. The molecular weight excluding hydrogens is 450 g/mol. The van der Waals surface area contributed by atoms with Crippen molar-refractivity contribution in [3.63, 3.8) is 0 Å². The highest BCUT2D eigenvalue weighted by Crippen LogP contribution is 2.38. The van der Waals surface area contributed by atoms with Crippen LogP contribution in [0.2, 0.25) is 0 Å². The molecule has 5 nitrogen and oxygen atoms in total. The van der Waals surface area contributed by atoms with Crippen molar-refractivity contribution in [2.75, 3.05) is 6.61 Å². The lowest BCUT2D eigenvalue weighted by Gasteiger charge is -2.25. The lowest BCUT2D eigenvalue weighted by atomic mass is 10.0. The van der Waals surface area contributed by atoms with Crippen LogP contribution in [0.1, 0.15) is 28.5 Å². The van der Waals surface area contributed by atoms with Gasteiger partial charge in [-0.2, -0.15) is 0 Å². The first kappa shape index (κ1) is 24.5. The molecule has 0 aliphatic carbocycles. The summed E-state index contributed by atoms with van der Waals surface area (Å²) in [5.41, 5.74) is 4.43. The average molecular weight is 484 g/mol. The molecule has 0 bridgehead atoms. The van der Waals surface area contributed by atoms with Gasteiger partial charge in [0.1, 0.15) is 24.4 Å². The molecule has 2 heterocycles.